The number of methoxy groups -OCH3 is 2. The van der Waals surface area contributed by atoms with E-state index in [1.807, 2.05) is 31.2 Å². The van der Waals surface area contributed by atoms with Gasteiger partial charge in [0.2, 0.25) is 0 Å². The van der Waals surface area contributed by atoms with Gasteiger partial charge in [-0.25, -0.2) is 4.79 Å². The van der Waals surface area contributed by atoms with Crippen LogP contribution < -0.4 is 25.7 Å². The molecule has 0 aliphatic heterocycles. The smallest absolute Gasteiger partial charge is 0.344 e. The first kappa shape index (κ1) is 23.0. The summed E-state index contributed by atoms with van der Waals surface area (Å²) in [5.74, 6) is 0.542. The number of rotatable bonds is 5. The van der Waals surface area contributed by atoms with E-state index in [0.717, 1.165) is 10.9 Å². The van der Waals surface area contributed by atoms with E-state index < -0.39 is 11.5 Å². The van der Waals surface area contributed by atoms with E-state index in [9.17, 15) is 9.59 Å². The van der Waals surface area contributed by atoms with Gasteiger partial charge in [-0.05, 0) is 55.0 Å². The maximum Gasteiger partial charge on any atom is 0.344 e. The first-order valence-corrected chi connectivity index (χ1v) is 10.8. The number of carbonyl (C=O) groups is 1. The fourth-order valence-electron chi connectivity index (χ4n) is 3.68. The zero-order valence-corrected chi connectivity index (χ0v) is 19.6. The molecule has 1 heterocycles. The third-order valence-electron chi connectivity index (χ3n) is 5.28. The predicted octanol–water partition coefficient (Wildman–Crippen LogP) is 4.91. The second kappa shape index (κ2) is 9.76. The van der Waals surface area contributed by atoms with Gasteiger partial charge in [0.25, 0.3) is 5.91 Å². The van der Waals surface area contributed by atoms with Crippen molar-refractivity contribution >= 4 is 39.9 Å². The molecule has 1 amide bonds. The minimum absolute atomic E-state index is 0.105. The number of hydrogen-bond donors (Lipinski definition) is 2. The van der Waals surface area contributed by atoms with Crippen molar-refractivity contribution in [3.63, 3.8) is 0 Å². The average Bonchev–Trinajstić information content (AvgIpc) is 2.83. The molecule has 0 aliphatic rings. The Hall–Kier alpha value is -4.17. The quantitative estimate of drug-likeness (QED) is 0.314. The van der Waals surface area contributed by atoms with Gasteiger partial charge < -0.3 is 19.2 Å². The molecule has 0 bridgehead atoms. The SMILES string of the molecule is COc1cc(NC(=S)NC(=O)c2cccc(C)c2OC)ccc1-c1cc2ccccc2oc1=O. The van der Waals surface area contributed by atoms with Crippen LogP contribution in [0.5, 0.6) is 11.5 Å². The van der Waals surface area contributed by atoms with Gasteiger partial charge in [-0.2, -0.15) is 0 Å². The van der Waals surface area contributed by atoms with E-state index in [-0.39, 0.29) is 5.11 Å². The maximum atomic E-state index is 12.7. The van der Waals surface area contributed by atoms with Crippen LogP contribution in [-0.2, 0) is 0 Å². The van der Waals surface area contributed by atoms with E-state index in [1.54, 1.807) is 42.5 Å². The number of ether oxygens (including phenoxy) is 2. The second-order valence-electron chi connectivity index (χ2n) is 7.46. The van der Waals surface area contributed by atoms with Crippen molar-refractivity contribution in [2.45, 2.75) is 6.92 Å². The highest BCUT2D eigenvalue weighted by molar-refractivity contribution is 7.80. The standard InChI is InChI=1S/C26H22N2O5S/c1-15-7-6-9-19(23(15)32-3)24(29)28-26(34)27-17-11-12-18(22(14-17)31-2)20-13-16-8-4-5-10-21(16)33-25(20)30/h4-14H,1-3H3,(H2,27,28,29,34). The molecule has 4 rings (SSSR count). The molecule has 7 nitrogen and oxygen atoms in total. The number of hydrogen-bond acceptors (Lipinski definition) is 6. The molecule has 4 aromatic rings. The van der Waals surface area contributed by atoms with Crippen molar-refractivity contribution in [1.29, 1.82) is 0 Å². The molecule has 0 atom stereocenters. The van der Waals surface area contributed by atoms with Crippen LogP contribution in [0.15, 0.2) is 75.9 Å². The zero-order chi connectivity index (χ0) is 24.2. The molecule has 3 aromatic carbocycles. The van der Waals surface area contributed by atoms with Crippen LogP contribution in [0, 0.1) is 6.92 Å². The molecule has 8 heteroatoms. The molecule has 0 saturated carbocycles. The Balaban J connectivity index is 1.56. The van der Waals surface area contributed by atoms with E-state index in [1.165, 1.54) is 14.2 Å². The van der Waals surface area contributed by atoms with Crippen molar-refractivity contribution in [3.8, 4) is 22.6 Å². The van der Waals surface area contributed by atoms with Gasteiger partial charge in [0.05, 0.1) is 25.3 Å². The minimum Gasteiger partial charge on any atom is -0.496 e. The molecule has 0 radical (unpaired) electrons. The number of benzene rings is 3. The number of thiocarbonyl (C=S) groups is 1. The van der Waals surface area contributed by atoms with Gasteiger partial charge in [-0.3, -0.25) is 10.1 Å². The van der Waals surface area contributed by atoms with E-state index >= 15 is 0 Å². The fraction of sp³-hybridized carbons (Fsp3) is 0.115. The van der Waals surface area contributed by atoms with Crippen molar-refractivity contribution < 1.29 is 18.7 Å². The summed E-state index contributed by atoms with van der Waals surface area (Å²) in [5.41, 5.74) is 2.80. The van der Waals surface area contributed by atoms with Crippen LogP contribution in [-0.4, -0.2) is 25.2 Å². The van der Waals surface area contributed by atoms with Gasteiger partial charge in [-0.1, -0.05) is 30.3 Å². The highest BCUT2D eigenvalue weighted by Crippen LogP contribution is 2.32. The van der Waals surface area contributed by atoms with E-state index in [4.69, 9.17) is 26.1 Å². The molecule has 172 valence electrons. The topological polar surface area (TPSA) is 89.8 Å². The summed E-state index contributed by atoms with van der Waals surface area (Å²) in [5, 5.41) is 6.53. The number of aryl methyl sites for hydroxylation is 1. The van der Waals surface area contributed by atoms with E-state index in [2.05, 4.69) is 10.6 Å². The van der Waals surface area contributed by atoms with Gasteiger partial charge in [0.1, 0.15) is 17.1 Å². The summed E-state index contributed by atoms with van der Waals surface area (Å²) in [4.78, 5) is 25.3. The first-order chi connectivity index (χ1) is 16.4. The van der Waals surface area contributed by atoms with Crippen LogP contribution in [0.1, 0.15) is 15.9 Å². The number of fused-ring (bicyclic) bond motifs is 1. The normalized spacial score (nSPS) is 10.6. The van der Waals surface area contributed by atoms with Crippen molar-refractivity contribution in [2.24, 2.45) is 0 Å². The lowest BCUT2D eigenvalue weighted by Crippen LogP contribution is -2.34. The summed E-state index contributed by atoms with van der Waals surface area (Å²) < 4.78 is 16.3. The monoisotopic (exact) mass is 474 g/mol. The number of nitrogens with one attached hydrogen (secondary N) is 2. The van der Waals surface area contributed by atoms with Gasteiger partial charge >= 0.3 is 5.63 Å². The van der Waals surface area contributed by atoms with Crippen LogP contribution in [0.25, 0.3) is 22.1 Å². The lowest BCUT2D eigenvalue weighted by atomic mass is 10.0. The van der Waals surface area contributed by atoms with Crippen LogP contribution in [0.3, 0.4) is 0 Å². The molecular formula is C26H22N2O5S. The molecule has 0 aliphatic carbocycles. The Morgan fingerprint density at radius 1 is 0.941 bits per heavy atom. The summed E-state index contributed by atoms with van der Waals surface area (Å²) in [6.45, 7) is 1.86. The van der Waals surface area contributed by atoms with Crippen molar-refractivity contribution in [2.75, 3.05) is 19.5 Å². The molecule has 1 aromatic heterocycles. The largest absolute Gasteiger partial charge is 0.496 e. The predicted molar refractivity (Wildman–Crippen MR) is 136 cm³/mol. The molecule has 0 fully saturated rings. The Labute approximate surface area is 201 Å². The summed E-state index contributed by atoms with van der Waals surface area (Å²) in [6, 6.07) is 19.5. The lowest BCUT2D eigenvalue weighted by molar-refractivity contribution is 0.0974. The lowest BCUT2D eigenvalue weighted by Gasteiger charge is -2.14. The molecule has 0 unspecified atom stereocenters. The maximum absolute atomic E-state index is 12.7. The van der Waals surface area contributed by atoms with Gasteiger partial charge in [0.15, 0.2) is 5.11 Å². The first-order valence-electron chi connectivity index (χ1n) is 10.4. The third-order valence-corrected chi connectivity index (χ3v) is 5.48. The Bertz CT molecular complexity index is 1460. The molecule has 0 saturated heterocycles. The number of anilines is 1. The minimum atomic E-state index is -0.465. The number of carbonyl (C=O) groups excluding carboxylic acids is 1. The van der Waals surface area contributed by atoms with Crippen molar-refractivity contribution in [1.82, 2.24) is 5.32 Å². The molecule has 34 heavy (non-hydrogen) atoms. The fourth-order valence-corrected chi connectivity index (χ4v) is 3.89. The van der Waals surface area contributed by atoms with Crippen LogP contribution >= 0.6 is 12.2 Å². The van der Waals surface area contributed by atoms with Crippen molar-refractivity contribution in [3.05, 3.63) is 88.3 Å². The number of para-hydroxylation sites is 2. The summed E-state index contributed by atoms with van der Waals surface area (Å²) in [7, 11) is 3.02. The molecule has 2 N–H and O–H groups in total. The Morgan fingerprint density at radius 3 is 2.50 bits per heavy atom. The van der Waals surface area contributed by atoms with Crippen LogP contribution in [0.4, 0.5) is 5.69 Å². The third kappa shape index (κ3) is 4.62. The Morgan fingerprint density at radius 2 is 1.74 bits per heavy atom. The highest BCUT2D eigenvalue weighted by atomic mass is 32.1. The summed E-state index contributed by atoms with van der Waals surface area (Å²) >= 11 is 5.31. The molecule has 0 spiro atoms. The zero-order valence-electron chi connectivity index (χ0n) is 18.8. The number of amides is 1. The summed E-state index contributed by atoms with van der Waals surface area (Å²) in [6.07, 6.45) is 0. The van der Waals surface area contributed by atoms with Gasteiger partial charge in [0, 0.05) is 22.7 Å². The van der Waals surface area contributed by atoms with Crippen LogP contribution in [0.2, 0.25) is 0 Å². The Kier molecular flexibility index (Phi) is 6.60. The van der Waals surface area contributed by atoms with Gasteiger partial charge in [-0.15, -0.1) is 0 Å². The average molecular weight is 475 g/mol. The second-order valence-corrected chi connectivity index (χ2v) is 7.87. The highest BCUT2D eigenvalue weighted by Gasteiger charge is 2.17. The van der Waals surface area contributed by atoms with E-state index in [0.29, 0.717) is 39.5 Å². The molecular weight excluding hydrogens is 452 g/mol.